The first-order chi connectivity index (χ1) is 13.6. The van der Waals surface area contributed by atoms with E-state index in [9.17, 15) is 4.79 Å². The second-order valence-corrected chi connectivity index (χ2v) is 8.17. The molecule has 0 saturated heterocycles. The van der Waals surface area contributed by atoms with Crippen molar-refractivity contribution in [1.82, 2.24) is 4.98 Å². The Labute approximate surface area is 169 Å². The van der Waals surface area contributed by atoms with Gasteiger partial charge in [0.25, 0.3) is 5.91 Å². The number of rotatable bonds is 5. The fraction of sp³-hybridized carbons (Fsp3) is 0.167. The third-order valence-electron chi connectivity index (χ3n) is 4.65. The molecule has 140 valence electrons. The summed E-state index contributed by atoms with van der Waals surface area (Å²) in [4.78, 5) is 17.4. The molecule has 3 nitrogen and oxygen atoms in total. The molecule has 0 aliphatic heterocycles. The van der Waals surface area contributed by atoms with Gasteiger partial charge in [-0.15, -0.1) is 11.3 Å². The average molecular weight is 387 g/mol. The van der Waals surface area contributed by atoms with Crippen molar-refractivity contribution in [2.75, 3.05) is 5.32 Å². The van der Waals surface area contributed by atoms with Gasteiger partial charge < -0.3 is 0 Å². The van der Waals surface area contributed by atoms with Gasteiger partial charge >= 0.3 is 0 Å². The maximum absolute atomic E-state index is 12.8. The maximum Gasteiger partial charge on any atom is 0.258 e. The fourth-order valence-electron chi connectivity index (χ4n) is 3.33. The molecule has 0 fully saturated rings. The lowest BCUT2D eigenvalue weighted by molar-refractivity contribution is 0.102. The number of hydrogen-bond acceptors (Lipinski definition) is 3. The third-order valence-corrected chi connectivity index (χ3v) is 5.41. The highest BCUT2D eigenvalue weighted by atomic mass is 32.1. The summed E-state index contributed by atoms with van der Waals surface area (Å²) < 4.78 is 0. The number of carbonyl (C=O) groups is 1. The minimum absolute atomic E-state index is 0.134. The molecule has 0 bridgehead atoms. The lowest BCUT2D eigenvalue weighted by Gasteiger charge is -2.06. The summed E-state index contributed by atoms with van der Waals surface area (Å²) in [6.45, 7) is 4.44. The van der Waals surface area contributed by atoms with E-state index < -0.39 is 0 Å². The van der Waals surface area contributed by atoms with Gasteiger partial charge in [0.05, 0.1) is 5.69 Å². The van der Waals surface area contributed by atoms with Crippen molar-refractivity contribution in [2.24, 2.45) is 5.92 Å². The van der Waals surface area contributed by atoms with Gasteiger partial charge in [-0.2, -0.15) is 0 Å². The normalized spacial score (nSPS) is 11.1. The lowest BCUT2D eigenvalue weighted by Crippen LogP contribution is -2.12. The van der Waals surface area contributed by atoms with Crippen LogP contribution >= 0.6 is 11.3 Å². The molecule has 0 unspecified atom stereocenters. The topological polar surface area (TPSA) is 42.0 Å². The van der Waals surface area contributed by atoms with E-state index in [0.717, 1.165) is 28.5 Å². The lowest BCUT2D eigenvalue weighted by atomic mass is 10.0. The van der Waals surface area contributed by atoms with Gasteiger partial charge in [-0.3, -0.25) is 10.1 Å². The van der Waals surface area contributed by atoms with E-state index in [1.54, 1.807) is 0 Å². The molecule has 1 aromatic heterocycles. The second kappa shape index (κ2) is 7.95. The standard InChI is InChI=1S/C24H22N2OS/c1-16(2)14-17-10-12-19(13-11-17)22-15-28-24(25-22)26-23(27)21-9-5-7-18-6-3-4-8-20(18)21/h3-13,15-16H,14H2,1-2H3,(H,25,26,27). The number of hydrogen-bond donors (Lipinski definition) is 1. The van der Waals surface area contributed by atoms with Crippen LogP contribution in [0.25, 0.3) is 22.0 Å². The Bertz CT molecular complexity index is 1110. The van der Waals surface area contributed by atoms with Crippen LogP contribution in [0, 0.1) is 5.92 Å². The van der Waals surface area contributed by atoms with E-state index >= 15 is 0 Å². The number of nitrogens with zero attached hydrogens (tertiary/aromatic N) is 1. The molecule has 1 heterocycles. The van der Waals surface area contributed by atoms with Crippen molar-refractivity contribution in [3.63, 3.8) is 0 Å². The molecular formula is C24H22N2OS. The van der Waals surface area contributed by atoms with E-state index in [2.05, 4.69) is 48.4 Å². The number of thiazole rings is 1. The van der Waals surface area contributed by atoms with E-state index in [4.69, 9.17) is 0 Å². The predicted octanol–water partition coefficient (Wildman–Crippen LogP) is 6.41. The number of aromatic nitrogens is 1. The number of anilines is 1. The van der Waals surface area contributed by atoms with Crippen LogP contribution < -0.4 is 5.32 Å². The largest absolute Gasteiger partial charge is 0.298 e. The Kier molecular flexibility index (Phi) is 5.22. The van der Waals surface area contributed by atoms with Gasteiger partial charge in [0.15, 0.2) is 5.13 Å². The highest BCUT2D eigenvalue weighted by Crippen LogP contribution is 2.27. The van der Waals surface area contributed by atoms with Crippen molar-refractivity contribution in [2.45, 2.75) is 20.3 Å². The third kappa shape index (κ3) is 3.97. The van der Waals surface area contributed by atoms with Crippen LogP contribution in [-0.2, 0) is 6.42 Å². The summed E-state index contributed by atoms with van der Waals surface area (Å²) in [5.74, 6) is 0.506. The average Bonchev–Trinajstić information content (AvgIpc) is 3.16. The van der Waals surface area contributed by atoms with Crippen LogP contribution in [0.4, 0.5) is 5.13 Å². The van der Waals surface area contributed by atoms with Gasteiger partial charge in [0.2, 0.25) is 0 Å². The molecular weight excluding hydrogens is 364 g/mol. The summed E-state index contributed by atoms with van der Waals surface area (Å²) in [6.07, 6.45) is 1.07. The molecule has 0 aliphatic rings. The van der Waals surface area contributed by atoms with Gasteiger partial charge in [-0.1, -0.05) is 74.5 Å². The molecule has 0 saturated carbocycles. The number of amides is 1. The molecule has 4 rings (SSSR count). The van der Waals surface area contributed by atoms with Crippen molar-refractivity contribution in [3.05, 3.63) is 83.2 Å². The number of carbonyl (C=O) groups excluding carboxylic acids is 1. The highest BCUT2D eigenvalue weighted by Gasteiger charge is 2.12. The van der Waals surface area contributed by atoms with Gasteiger partial charge in [0.1, 0.15) is 0 Å². The minimum Gasteiger partial charge on any atom is -0.298 e. The molecule has 4 heteroatoms. The monoisotopic (exact) mass is 386 g/mol. The van der Waals surface area contributed by atoms with Crippen molar-refractivity contribution < 1.29 is 4.79 Å². The fourth-order valence-corrected chi connectivity index (χ4v) is 4.05. The summed E-state index contributed by atoms with van der Waals surface area (Å²) in [5, 5.41) is 7.54. The molecule has 4 aromatic rings. The van der Waals surface area contributed by atoms with E-state index in [-0.39, 0.29) is 5.91 Å². The molecule has 0 aliphatic carbocycles. The van der Waals surface area contributed by atoms with Crippen LogP contribution in [0.5, 0.6) is 0 Å². The SMILES string of the molecule is CC(C)Cc1ccc(-c2csc(NC(=O)c3cccc4ccccc34)n2)cc1. The summed E-state index contributed by atoms with van der Waals surface area (Å²) in [7, 11) is 0. The predicted molar refractivity (Wildman–Crippen MR) is 118 cm³/mol. The second-order valence-electron chi connectivity index (χ2n) is 7.31. The van der Waals surface area contributed by atoms with Crippen LogP contribution in [0.2, 0.25) is 0 Å². The Balaban J connectivity index is 1.52. The van der Waals surface area contributed by atoms with Gasteiger partial charge in [0, 0.05) is 16.5 Å². The molecule has 1 N–H and O–H groups in total. The zero-order valence-electron chi connectivity index (χ0n) is 16.0. The molecule has 28 heavy (non-hydrogen) atoms. The molecule has 0 atom stereocenters. The zero-order valence-corrected chi connectivity index (χ0v) is 16.8. The zero-order chi connectivity index (χ0) is 19.5. The van der Waals surface area contributed by atoms with Crippen LogP contribution in [-0.4, -0.2) is 10.9 Å². The van der Waals surface area contributed by atoms with Crippen LogP contribution in [0.3, 0.4) is 0 Å². The quantitative estimate of drug-likeness (QED) is 0.430. The Morgan fingerprint density at radius 3 is 2.54 bits per heavy atom. The van der Waals surface area contributed by atoms with Crippen molar-refractivity contribution >= 4 is 33.1 Å². The van der Waals surface area contributed by atoms with E-state index in [1.165, 1.54) is 16.9 Å². The van der Waals surface area contributed by atoms with Gasteiger partial charge in [-0.05, 0) is 34.7 Å². The number of fused-ring (bicyclic) bond motifs is 1. The molecule has 0 spiro atoms. The number of benzene rings is 3. The molecule has 3 aromatic carbocycles. The summed E-state index contributed by atoms with van der Waals surface area (Å²) in [5.41, 5.74) is 3.94. The maximum atomic E-state index is 12.8. The molecule has 1 amide bonds. The van der Waals surface area contributed by atoms with Crippen molar-refractivity contribution in [3.8, 4) is 11.3 Å². The smallest absolute Gasteiger partial charge is 0.258 e. The summed E-state index contributed by atoms with van der Waals surface area (Å²) >= 11 is 1.44. The Hall–Kier alpha value is -2.98. The Morgan fingerprint density at radius 2 is 1.75 bits per heavy atom. The first-order valence-corrected chi connectivity index (χ1v) is 10.3. The number of nitrogens with one attached hydrogen (secondary N) is 1. The first-order valence-electron chi connectivity index (χ1n) is 9.44. The van der Waals surface area contributed by atoms with Crippen molar-refractivity contribution in [1.29, 1.82) is 0 Å². The van der Waals surface area contributed by atoms with E-state index in [0.29, 0.717) is 16.6 Å². The van der Waals surface area contributed by atoms with Gasteiger partial charge in [-0.25, -0.2) is 4.98 Å². The highest BCUT2D eigenvalue weighted by molar-refractivity contribution is 7.14. The summed E-state index contributed by atoms with van der Waals surface area (Å²) in [6, 6.07) is 22.2. The van der Waals surface area contributed by atoms with Crippen LogP contribution in [0.15, 0.2) is 72.1 Å². The Morgan fingerprint density at radius 1 is 1.00 bits per heavy atom. The van der Waals surface area contributed by atoms with E-state index in [1.807, 2.05) is 47.8 Å². The minimum atomic E-state index is -0.134. The van der Waals surface area contributed by atoms with Crippen LogP contribution in [0.1, 0.15) is 29.8 Å². The molecule has 0 radical (unpaired) electrons. The first kappa shape index (κ1) is 18.4.